The van der Waals surface area contributed by atoms with Crippen LogP contribution in [0.1, 0.15) is 23.7 Å². The Bertz CT molecular complexity index is 932. The van der Waals surface area contributed by atoms with E-state index in [1.54, 1.807) is 30.3 Å². The quantitative estimate of drug-likeness (QED) is 0.422. The van der Waals surface area contributed by atoms with E-state index < -0.39 is 0 Å². The Morgan fingerprint density at radius 2 is 2.00 bits per heavy atom. The van der Waals surface area contributed by atoms with Gasteiger partial charge in [0.1, 0.15) is 12.4 Å². The number of carbonyl (C=O) groups is 1. The van der Waals surface area contributed by atoms with Crippen molar-refractivity contribution in [2.24, 2.45) is 0 Å². The van der Waals surface area contributed by atoms with Gasteiger partial charge in [-0.05, 0) is 49.7 Å². The molecule has 1 aromatic heterocycles. The smallest absolute Gasteiger partial charge is 0.257 e. The van der Waals surface area contributed by atoms with Gasteiger partial charge in [0.05, 0.1) is 11.0 Å². The molecule has 1 N–H and O–H groups in total. The number of fused-ring (bicyclic) bond motifs is 1. The van der Waals surface area contributed by atoms with Gasteiger partial charge >= 0.3 is 0 Å². The molecule has 0 bridgehead atoms. The lowest BCUT2D eigenvalue weighted by Gasteiger charge is -2.10. The predicted octanol–water partition coefficient (Wildman–Crippen LogP) is 4.28. The highest BCUT2D eigenvalue weighted by Gasteiger charge is 2.14. The summed E-state index contributed by atoms with van der Waals surface area (Å²) in [6.45, 7) is 8.10. The highest BCUT2D eigenvalue weighted by molar-refractivity contribution is 6.04. The van der Waals surface area contributed by atoms with Crippen LogP contribution in [0.25, 0.3) is 11.0 Å². The van der Waals surface area contributed by atoms with Crippen LogP contribution < -0.4 is 10.1 Å². The zero-order valence-electron chi connectivity index (χ0n) is 16.1. The van der Waals surface area contributed by atoms with Gasteiger partial charge in [0.2, 0.25) is 5.95 Å². The third-order valence-corrected chi connectivity index (χ3v) is 4.24. The molecule has 3 aromatic rings. The fourth-order valence-corrected chi connectivity index (χ4v) is 2.90. The fourth-order valence-electron chi connectivity index (χ4n) is 2.90. The first kappa shape index (κ1) is 19.6. The van der Waals surface area contributed by atoms with Gasteiger partial charge in [0.15, 0.2) is 0 Å². The van der Waals surface area contributed by atoms with Crippen LogP contribution in [0.15, 0.2) is 61.2 Å². The summed E-state index contributed by atoms with van der Waals surface area (Å²) in [6.07, 6.45) is 2.52. The summed E-state index contributed by atoms with van der Waals surface area (Å²) in [5, 5.41) is 2.93. The Kier molecular flexibility index (Phi) is 6.81. The second-order valence-corrected chi connectivity index (χ2v) is 6.20. The normalized spacial score (nSPS) is 10.8. The molecule has 6 heteroatoms. The Morgan fingerprint density at radius 3 is 2.75 bits per heavy atom. The number of anilines is 1. The van der Waals surface area contributed by atoms with Crippen molar-refractivity contribution in [2.75, 3.05) is 25.1 Å². The zero-order valence-corrected chi connectivity index (χ0v) is 16.1. The molecule has 0 aliphatic rings. The van der Waals surface area contributed by atoms with E-state index in [0.29, 0.717) is 43.6 Å². The Labute approximate surface area is 164 Å². The molecule has 0 radical (unpaired) electrons. The first-order valence-electron chi connectivity index (χ1n) is 9.41. The van der Waals surface area contributed by atoms with Crippen molar-refractivity contribution in [1.82, 2.24) is 9.55 Å². The molecule has 0 aliphatic carbocycles. The number of para-hydroxylation sites is 2. The molecule has 0 spiro atoms. The van der Waals surface area contributed by atoms with Crippen LogP contribution >= 0.6 is 0 Å². The number of benzene rings is 2. The monoisotopic (exact) mass is 379 g/mol. The summed E-state index contributed by atoms with van der Waals surface area (Å²) in [7, 11) is 0. The molecule has 0 aliphatic heterocycles. The van der Waals surface area contributed by atoms with Gasteiger partial charge in [0, 0.05) is 25.3 Å². The summed E-state index contributed by atoms with van der Waals surface area (Å²) in [5.41, 5.74) is 2.38. The van der Waals surface area contributed by atoms with Crippen LogP contribution in [0.4, 0.5) is 5.95 Å². The van der Waals surface area contributed by atoms with E-state index >= 15 is 0 Å². The molecule has 0 unspecified atom stereocenters. The lowest BCUT2D eigenvalue weighted by molar-refractivity contribution is 0.102. The Morgan fingerprint density at radius 1 is 1.21 bits per heavy atom. The maximum absolute atomic E-state index is 12.7. The Balaban J connectivity index is 1.76. The number of hydrogen-bond acceptors (Lipinski definition) is 4. The first-order valence-corrected chi connectivity index (χ1v) is 9.41. The third-order valence-electron chi connectivity index (χ3n) is 4.24. The van der Waals surface area contributed by atoms with Crippen molar-refractivity contribution < 1.29 is 14.3 Å². The van der Waals surface area contributed by atoms with Crippen molar-refractivity contribution in [3.05, 3.63) is 66.7 Å². The fraction of sp³-hybridized carbons (Fsp3) is 0.273. The molecule has 1 heterocycles. The third kappa shape index (κ3) is 4.78. The molecule has 3 rings (SSSR count). The molecule has 1 amide bonds. The minimum Gasteiger partial charge on any atom is -0.490 e. The van der Waals surface area contributed by atoms with Crippen LogP contribution in [-0.2, 0) is 11.3 Å². The average Bonchev–Trinajstić information content (AvgIpc) is 3.07. The second-order valence-electron chi connectivity index (χ2n) is 6.20. The van der Waals surface area contributed by atoms with E-state index in [9.17, 15) is 4.79 Å². The van der Waals surface area contributed by atoms with Crippen LogP contribution in [0.3, 0.4) is 0 Å². The van der Waals surface area contributed by atoms with Crippen LogP contribution in [0.2, 0.25) is 0 Å². The summed E-state index contributed by atoms with van der Waals surface area (Å²) in [5.74, 6) is 1.02. The molecule has 6 nitrogen and oxygen atoms in total. The van der Waals surface area contributed by atoms with E-state index in [2.05, 4.69) is 16.9 Å². The number of aryl methyl sites for hydroxylation is 1. The molecular formula is C22H25N3O3. The molecule has 146 valence electrons. The number of rotatable bonds is 10. The van der Waals surface area contributed by atoms with Gasteiger partial charge in [-0.25, -0.2) is 4.98 Å². The van der Waals surface area contributed by atoms with E-state index in [1.807, 2.05) is 35.8 Å². The van der Waals surface area contributed by atoms with E-state index in [0.717, 1.165) is 17.5 Å². The molecule has 0 atom stereocenters. The highest BCUT2D eigenvalue weighted by atomic mass is 16.5. The Hall–Kier alpha value is -3.12. The first-order chi connectivity index (χ1) is 13.7. The van der Waals surface area contributed by atoms with Gasteiger partial charge < -0.3 is 14.0 Å². The van der Waals surface area contributed by atoms with Crippen molar-refractivity contribution in [3.8, 4) is 5.75 Å². The minimum atomic E-state index is -0.211. The lowest BCUT2D eigenvalue weighted by atomic mass is 10.2. The van der Waals surface area contributed by atoms with Crippen LogP contribution in [0, 0.1) is 0 Å². The maximum atomic E-state index is 12.7. The van der Waals surface area contributed by atoms with Gasteiger partial charge in [0.25, 0.3) is 5.91 Å². The zero-order chi connectivity index (χ0) is 19.8. The largest absolute Gasteiger partial charge is 0.490 e. The predicted molar refractivity (Wildman–Crippen MR) is 111 cm³/mol. The van der Waals surface area contributed by atoms with Crippen LogP contribution in [-0.4, -0.2) is 35.3 Å². The number of imidazole rings is 1. The number of nitrogens with zero attached hydrogens (tertiary/aromatic N) is 2. The average molecular weight is 379 g/mol. The molecule has 2 aromatic carbocycles. The summed E-state index contributed by atoms with van der Waals surface area (Å²) < 4.78 is 12.9. The number of amides is 1. The maximum Gasteiger partial charge on any atom is 0.257 e. The number of aromatic nitrogens is 2. The number of carbonyl (C=O) groups excluding carboxylic acids is 1. The second kappa shape index (κ2) is 9.71. The molecule has 0 saturated carbocycles. The van der Waals surface area contributed by atoms with E-state index in [1.165, 1.54) is 0 Å². The summed E-state index contributed by atoms with van der Waals surface area (Å²) >= 11 is 0. The van der Waals surface area contributed by atoms with E-state index in [4.69, 9.17) is 9.47 Å². The highest BCUT2D eigenvalue weighted by Crippen LogP contribution is 2.21. The van der Waals surface area contributed by atoms with Crippen molar-refractivity contribution in [2.45, 2.75) is 19.9 Å². The van der Waals surface area contributed by atoms with E-state index in [-0.39, 0.29) is 5.91 Å². The summed E-state index contributed by atoms with van der Waals surface area (Å²) in [6, 6.07) is 14.9. The number of hydrogen-bond donors (Lipinski definition) is 1. The van der Waals surface area contributed by atoms with Crippen molar-refractivity contribution in [1.29, 1.82) is 0 Å². The minimum absolute atomic E-state index is 0.211. The molecular weight excluding hydrogens is 354 g/mol. The molecule has 0 fully saturated rings. The standard InChI is InChI=1S/C22H25N3O3/c1-3-15-28-18-12-10-17(11-13-18)21(26)24-22-23-19-8-5-6-9-20(19)25(22)14-7-16-27-4-2/h3,5-6,8-13H,1,4,7,14-16H2,2H3,(H,23,24,26). The van der Waals surface area contributed by atoms with Gasteiger partial charge in [-0.15, -0.1) is 0 Å². The number of ether oxygens (including phenoxy) is 2. The topological polar surface area (TPSA) is 65.4 Å². The van der Waals surface area contributed by atoms with Gasteiger partial charge in [-0.2, -0.15) is 0 Å². The van der Waals surface area contributed by atoms with Gasteiger partial charge in [-0.1, -0.05) is 24.8 Å². The van der Waals surface area contributed by atoms with Crippen molar-refractivity contribution in [3.63, 3.8) is 0 Å². The lowest BCUT2D eigenvalue weighted by Crippen LogP contribution is -2.16. The summed E-state index contributed by atoms with van der Waals surface area (Å²) in [4.78, 5) is 17.3. The number of nitrogens with one attached hydrogen (secondary N) is 1. The molecule has 0 saturated heterocycles. The molecule has 28 heavy (non-hydrogen) atoms. The van der Waals surface area contributed by atoms with Gasteiger partial charge in [-0.3, -0.25) is 10.1 Å². The van der Waals surface area contributed by atoms with Crippen LogP contribution in [0.5, 0.6) is 5.75 Å². The van der Waals surface area contributed by atoms with Crippen molar-refractivity contribution >= 4 is 22.9 Å². The SMILES string of the molecule is C=CCOc1ccc(C(=O)Nc2nc3ccccc3n2CCCOCC)cc1.